The number of benzene rings is 1. The second-order valence-electron chi connectivity index (χ2n) is 3.71. The lowest BCUT2D eigenvalue weighted by Gasteiger charge is -2.15. The van der Waals surface area contributed by atoms with Crippen molar-refractivity contribution in [1.82, 2.24) is 0 Å². The number of anilines is 1. The van der Waals surface area contributed by atoms with E-state index < -0.39 is 0 Å². The van der Waals surface area contributed by atoms with E-state index in [1.54, 1.807) is 0 Å². The van der Waals surface area contributed by atoms with Gasteiger partial charge in [0.1, 0.15) is 5.75 Å². The number of hydrogen-bond donors (Lipinski definition) is 1. The lowest BCUT2D eigenvalue weighted by Crippen LogP contribution is -2.08. The summed E-state index contributed by atoms with van der Waals surface area (Å²) < 4.78 is 5.58. The molecule has 1 aromatic rings. The van der Waals surface area contributed by atoms with Crippen LogP contribution in [-0.4, -0.2) is 6.10 Å². The highest BCUT2D eigenvalue weighted by atomic mass is 35.5. The molecule has 0 aliphatic carbocycles. The molecule has 0 heterocycles. The van der Waals surface area contributed by atoms with Gasteiger partial charge < -0.3 is 10.5 Å². The molecular weight excluding hydrogens is 198 g/mol. The van der Waals surface area contributed by atoms with Crippen LogP contribution in [0.1, 0.15) is 25.0 Å². The second-order valence-corrected chi connectivity index (χ2v) is 4.09. The van der Waals surface area contributed by atoms with Crippen molar-refractivity contribution in [3.8, 4) is 5.75 Å². The molecule has 0 aliphatic rings. The highest BCUT2D eigenvalue weighted by Crippen LogP contribution is 2.34. The average Bonchev–Trinajstić information content (AvgIpc) is 2.10. The first-order chi connectivity index (χ1) is 6.43. The van der Waals surface area contributed by atoms with Crippen LogP contribution in [-0.2, 0) is 0 Å². The third kappa shape index (κ3) is 2.13. The monoisotopic (exact) mass is 213 g/mol. The van der Waals surface area contributed by atoms with Gasteiger partial charge in [0, 0.05) is 5.02 Å². The van der Waals surface area contributed by atoms with Gasteiger partial charge in [-0.2, -0.15) is 0 Å². The number of rotatable bonds is 2. The Morgan fingerprint density at radius 2 is 1.93 bits per heavy atom. The van der Waals surface area contributed by atoms with Gasteiger partial charge in [0.05, 0.1) is 11.8 Å². The van der Waals surface area contributed by atoms with Gasteiger partial charge in [0.15, 0.2) is 0 Å². The smallest absolute Gasteiger partial charge is 0.143 e. The van der Waals surface area contributed by atoms with E-state index >= 15 is 0 Å². The third-order valence-corrected chi connectivity index (χ3v) is 2.64. The van der Waals surface area contributed by atoms with E-state index in [1.807, 2.05) is 33.8 Å². The largest absolute Gasteiger partial charge is 0.489 e. The average molecular weight is 214 g/mol. The standard InChI is InChI=1S/C11H16ClNO/c1-6(2)14-9-5-7(3)10(12)8(4)11(9)13/h5-6H,13H2,1-4H3. The summed E-state index contributed by atoms with van der Waals surface area (Å²) in [5.41, 5.74) is 8.41. The molecule has 0 fully saturated rings. The molecule has 1 rings (SSSR count). The highest BCUT2D eigenvalue weighted by molar-refractivity contribution is 6.32. The molecule has 0 saturated carbocycles. The molecular formula is C11H16ClNO. The van der Waals surface area contributed by atoms with Crippen LogP contribution in [0.4, 0.5) is 5.69 Å². The molecule has 0 saturated heterocycles. The lowest BCUT2D eigenvalue weighted by molar-refractivity contribution is 0.243. The minimum Gasteiger partial charge on any atom is -0.489 e. The highest BCUT2D eigenvalue weighted by Gasteiger charge is 2.10. The molecule has 0 aromatic heterocycles. The van der Waals surface area contributed by atoms with Gasteiger partial charge in [-0.05, 0) is 44.9 Å². The molecule has 0 spiro atoms. The third-order valence-electron chi connectivity index (χ3n) is 2.06. The SMILES string of the molecule is Cc1cc(OC(C)C)c(N)c(C)c1Cl. The number of nitrogens with two attached hydrogens (primary N) is 1. The van der Waals surface area contributed by atoms with Gasteiger partial charge >= 0.3 is 0 Å². The zero-order valence-electron chi connectivity index (χ0n) is 9.02. The summed E-state index contributed by atoms with van der Waals surface area (Å²) in [6, 6.07) is 1.88. The Balaban J connectivity index is 3.19. The minimum absolute atomic E-state index is 0.122. The van der Waals surface area contributed by atoms with Crippen molar-refractivity contribution in [2.24, 2.45) is 0 Å². The van der Waals surface area contributed by atoms with Crippen molar-refractivity contribution in [3.05, 3.63) is 22.2 Å². The fourth-order valence-electron chi connectivity index (χ4n) is 1.29. The summed E-state index contributed by atoms with van der Waals surface area (Å²) in [4.78, 5) is 0. The summed E-state index contributed by atoms with van der Waals surface area (Å²) >= 11 is 6.06. The summed E-state index contributed by atoms with van der Waals surface area (Å²) in [6.45, 7) is 7.79. The fourth-order valence-corrected chi connectivity index (χ4v) is 1.44. The molecule has 14 heavy (non-hydrogen) atoms. The molecule has 0 atom stereocenters. The predicted molar refractivity (Wildman–Crippen MR) is 61.1 cm³/mol. The van der Waals surface area contributed by atoms with Gasteiger partial charge in [-0.25, -0.2) is 0 Å². The topological polar surface area (TPSA) is 35.2 Å². The maximum absolute atomic E-state index is 6.06. The number of hydrogen-bond acceptors (Lipinski definition) is 2. The Labute approximate surface area is 90.0 Å². The van der Waals surface area contributed by atoms with Crippen molar-refractivity contribution in [2.75, 3.05) is 5.73 Å². The quantitative estimate of drug-likeness (QED) is 0.765. The summed E-state index contributed by atoms with van der Waals surface area (Å²) in [7, 11) is 0. The van der Waals surface area contributed by atoms with Crippen molar-refractivity contribution >= 4 is 17.3 Å². The van der Waals surface area contributed by atoms with Gasteiger partial charge in [-0.15, -0.1) is 0 Å². The fraction of sp³-hybridized carbons (Fsp3) is 0.455. The van der Waals surface area contributed by atoms with Crippen LogP contribution in [0.15, 0.2) is 6.07 Å². The molecule has 2 nitrogen and oxygen atoms in total. The van der Waals surface area contributed by atoms with Crippen molar-refractivity contribution in [2.45, 2.75) is 33.8 Å². The van der Waals surface area contributed by atoms with Crippen LogP contribution in [0.2, 0.25) is 5.02 Å². The van der Waals surface area contributed by atoms with Crippen LogP contribution in [0, 0.1) is 13.8 Å². The zero-order chi connectivity index (χ0) is 10.9. The molecule has 78 valence electrons. The van der Waals surface area contributed by atoms with Crippen molar-refractivity contribution < 1.29 is 4.74 Å². The molecule has 0 amide bonds. The number of halogens is 1. The Morgan fingerprint density at radius 1 is 1.36 bits per heavy atom. The van der Waals surface area contributed by atoms with E-state index in [9.17, 15) is 0 Å². The first kappa shape index (κ1) is 11.2. The predicted octanol–water partition coefficient (Wildman–Crippen LogP) is 3.33. The van der Waals surface area contributed by atoms with E-state index in [0.717, 1.165) is 21.9 Å². The number of nitrogen functional groups attached to an aromatic ring is 1. The van der Waals surface area contributed by atoms with E-state index in [4.69, 9.17) is 22.1 Å². The lowest BCUT2D eigenvalue weighted by atomic mass is 10.1. The second kappa shape index (κ2) is 4.09. The van der Waals surface area contributed by atoms with Crippen LogP contribution in [0.25, 0.3) is 0 Å². The van der Waals surface area contributed by atoms with E-state index in [-0.39, 0.29) is 6.10 Å². The van der Waals surface area contributed by atoms with Crippen LogP contribution >= 0.6 is 11.6 Å². The molecule has 0 unspecified atom stereocenters. The molecule has 2 N–H and O–H groups in total. The van der Waals surface area contributed by atoms with Crippen LogP contribution in [0.3, 0.4) is 0 Å². The molecule has 0 bridgehead atoms. The van der Waals surface area contributed by atoms with Gasteiger partial charge in [0.2, 0.25) is 0 Å². The summed E-state index contributed by atoms with van der Waals surface area (Å²) in [6.07, 6.45) is 0.122. The molecule has 3 heteroatoms. The van der Waals surface area contributed by atoms with E-state index in [0.29, 0.717) is 5.69 Å². The van der Waals surface area contributed by atoms with E-state index in [2.05, 4.69) is 0 Å². The molecule has 0 radical (unpaired) electrons. The Morgan fingerprint density at radius 3 is 2.43 bits per heavy atom. The first-order valence-corrected chi connectivity index (χ1v) is 5.03. The van der Waals surface area contributed by atoms with Crippen LogP contribution < -0.4 is 10.5 Å². The first-order valence-electron chi connectivity index (χ1n) is 4.65. The Hall–Kier alpha value is -0.890. The number of aryl methyl sites for hydroxylation is 1. The minimum atomic E-state index is 0.122. The van der Waals surface area contributed by atoms with Crippen molar-refractivity contribution in [3.63, 3.8) is 0 Å². The molecule has 0 aliphatic heterocycles. The number of ether oxygens (including phenoxy) is 1. The van der Waals surface area contributed by atoms with E-state index in [1.165, 1.54) is 0 Å². The zero-order valence-corrected chi connectivity index (χ0v) is 9.77. The normalized spacial score (nSPS) is 10.7. The Bertz CT molecular complexity index is 348. The Kier molecular flexibility index (Phi) is 3.27. The van der Waals surface area contributed by atoms with Crippen molar-refractivity contribution in [1.29, 1.82) is 0 Å². The molecule has 1 aromatic carbocycles. The maximum Gasteiger partial charge on any atom is 0.143 e. The summed E-state index contributed by atoms with van der Waals surface area (Å²) in [5.74, 6) is 0.722. The van der Waals surface area contributed by atoms with Gasteiger partial charge in [-0.3, -0.25) is 0 Å². The van der Waals surface area contributed by atoms with Crippen LogP contribution in [0.5, 0.6) is 5.75 Å². The van der Waals surface area contributed by atoms with Gasteiger partial charge in [0.25, 0.3) is 0 Å². The maximum atomic E-state index is 6.06. The summed E-state index contributed by atoms with van der Waals surface area (Å²) in [5, 5.41) is 0.721. The van der Waals surface area contributed by atoms with Gasteiger partial charge in [-0.1, -0.05) is 11.6 Å².